The quantitative estimate of drug-likeness (QED) is 0.460. The zero-order chi connectivity index (χ0) is 14.4. The van der Waals surface area contributed by atoms with Gasteiger partial charge in [0.15, 0.2) is 11.4 Å². The molecule has 0 saturated carbocycles. The molecule has 20 heavy (non-hydrogen) atoms. The molecule has 1 aromatic carbocycles. The predicted octanol–water partition coefficient (Wildman–Crippen LogP) is 3.09. The van der Waals surface area contributed by atoms with E-state index in [2.05, 4.69) is 12.1 Å². The van der Waals surface area contributed by atoms with Crippen molar-refractivity contribution < 1.29 is 9.47 Å². The summed E-state index contributed by atoms with van der Waals surface area (Å²) in [5, 5.41) is 11.5. The number of benzene rings is 1. The summed E-state index contributed by atoms with van der Waals surface area (Å²) in [5.74, 6) is 0. The van der Waals surface area contributed by atoms with E-state index in [0.29, 0.717) is 6.61 Å². The molecule has 0 radical (unpaired) electrons. The zero-order valence-corrected chi connectivity index (χ0v) is 12.1. The Hall–Kier alpha value is -1.87. The van der Waals surface area contributed by atoms with Crippen LogP contribution in [0.3, 0.4) is 0 Å². The van der Waals surface area contributed by atoms with Crippen LogP contribution in [0.4, 0.5) is 0 Å². The maximum Gasteiger partial charge on any atom is 0.190 e. The van der Waals surface area contributed by atoms with E-state index in [1.54, 1.807) is 0 Å². The van der Waals surface area contributed by atoms with Crippen LogP contribution in [-0.4, -0.2) is 6.61 Å². The number of nitrogens with zero attached hydrogens (tertiary/aromatic N) is 1. The lowest BCUT2D eigenvalue weighted by molar-refractivity contribution is -0.619. The average molecular weight is 271 g/mol. The Bertz CT molecular complexity index is 529. The van der Waals surface area contributed by atoms with Gasteiger partial charge in [0.1, 0.15) is 0 Å². The highest BCUT2D eigenvalue weighted by molar-refractivity contribution is 5.16. The van der Waals surface area contributed by atoms with E-state index >= 15 is 0 Å². The summed E-state index contributed by atoms with van der Waals surface area (Å²) in [7, 11) is 0. The lowest BCUT2D eigenvalue weighted by Gasteiger charge is -2.08. The highest BCUT2D eigenvalue weighted by atomic mass is 16.5. The Morgan fingerprint density at radius 1 is 1.00 bits per heavy atom. The Morgan fingerprint density at radius 3 is 2.30 bits per heavy atom. The molecule has 0 bridgehead atoms. The van der Waals surface area contributed by atoms with Crippen molar-refractivity contribution in [3.05, 3.63) is 70.2 Å². The number of ether oxygens (including phenoxy) is 1. The van der Waals surface area contributed by atoms with Crippen LogP contribution in [0.15, 0.2) is 42.5 Å². The van der Waals surface area contributed by atoms with Gasteiger partial charge in [-0.2, -0.15) is 4.73 Å². The summed E-state index contributed by atoms with van der Waals surface area (Å²) >= 11 is 0. The predicted molar refractivity (Wildman–Crippen MR) is 79.3 cm³/mol. The standard InChI is InChI=1S/C17H21NO2/c1-14-11-17(12-15(2)18(14)19)9-6-10-20-13-16-7-4-3-5-8-16/h3-5,7-8,11-12H,6,9-10,13H2,1-2H3. The lowest BCUT2D eigenvalue weighted by atomic mass is 10.1. The van der Waals surface area contributed by atoms with E-state index in [1.165, 1.54) is 11.1 Å². The van der Waals surface area contributed by atoms with E-state index in [9.17, 15) is 5.21 Å². The molecular weight excluding hydrogens is 250 g/mol. The van der Waals surface area contributed by atoms with E-state index in [4.69, 9.17) is 4.74 Å². The van der Waals surface area contributed by atoms with Crippen LogP contribution in [0.25, 0.3) is 0 Å². The monoisotopic (exact) mass is 271 g/mol. The second kappa shape index (κ2) is 7.06. The van der Waals surface area contributed by atoms with Crippen LogP contribution in [0.5, 0.6) is 0 Å². The summed E-state index contributed by atoms with van der Waals surface area (Å²) in [5.41, 5.74) is 3.91. The first-order valence-corrected chi connectivity index (χ1v) is 6.98. The summed E-state index contributed by atoms with van der Waals surface area (Å²) in [6.07, 6.45) is 1.91. The average Bonchev–Trinajstić information content (AvgIpc) is 2.45. The van der Waals surface area contributed by atoms with Crippen LogP contribution < -0.4 is 4.73 Å². The normalized spacial score (nSPS) is 10.7. The second-order valence-corrected chi connectivity index (χ2v) is 5.08. The van der Waals surface area contributed by atoms with Gasteiger partial charge < -0.3 is 9.94 Å². The van der Waals surface area contributed by atoms with Gasteiger partial charge in [0.25, 0.3) is 0 Å². The molecule has 2 rings (SSSR count). The zero-order valence-electron chi connectivity index (χ0n) is 12.1. The molecule has 3 heteroatoms. The van der Waals surface area contributed by atoms with Gasteiger partial charge >= 0.3 is 0 Å². The highest BCUT2D eigenvalue weighted by Crippen LogP contribution is 2.07. The molecule has 0 unspecified atom stereocenters. The molecule has 106 valence electrons. The van der Waals surface area contributed by atoms with E-state index in [0.717, 1.165) is 35.6 Å². The third-order valence-corrected chi connectivity index (χ3v) is 3.29. The third kappa shape index (κ3) is 4.07. The summed E-state index contributed by atoms with van der Waals surface area (Å²) in [4.78, 5) is 0. The molecular formula is C17H21NO2. The SMILES string of the molecule is Cc1cc(CCCOCc2ccccc2)cc(C)[n+]1[O-]. The molecule has 1 heterocycles. The van der Waals surface area contributed by atoms with Crippen LogP contribution in [0.1, 0.15) is 28.9 Å². The van der Waals surface area contributed by atoms with E-state index in [-0.39, 0.29) is 0 Å². The Balaban J connectivity index is 1.74. The fourth-order valence-electron chi connectivity index (χ4n) is 2.26. The molecule has 3 nitrogen and oxygen atoms in total. The van der Waals surface area contributed by atoms with Crippen molar-refractivity contribution in [2.45, 2.75) is 33.3 Å². The molecule has 0 aliphatic rings. The number of aryl methyl sites for hydroxylation is 3. The molecule has 1 aromatic heterocycles. The molecule has 0 saturated heterocycles. The highest BCUT2D eigenvalue weighted by Gasteiger charge is 2.06. The van der Waals surface area contributed by atoms with E-state index in [1.807, 2.05) is 44.2 Å². The van der Waals surface area contributed by atoms with Crippen molar-refractivity contribution in [1.82, 2.24) is 0 Å². The maximum atomic E-state index is 11.5. The molecule has 0 spiro atoms. The number of hydrogen-bond acceptors (Lipinski definition) is 2. The third-order valence-electron chi connectivity index (χ3n) is 3.29. The van der Waals surface area contributed by atoms with Crippen molar-refractivity contribution in [2.75, 3.05) is 6.61 Å². The molecule has 0 N–H and O–H groups in total. The Kier molecular flexibility index (Phi) is 5.13. The number of hydrogen-bond donors (Lipinski definition) is 0. The van der Waals surface area contributed by atoms with Crippen molar-refractivity contribution >= 4 is 0 Å². The van der Waals surface area contributed by atoms with Crippen LogP contribution >= 0.6 is 0 Å². The molecule has 0 amide bonds. The lowest BCUT2D eigenvalue weighted by Crippen LogP contribution is -2.33. The minimum absolute atomic E-state index is 0.661. The van der Waals surface area contributed by atoms with Gasteiger partial charge in [0.2, 0.25) is 0 Å². The Morgan fingerprint density at radius 2 is 1.65 bits per heavy atom. The van der Waals surface area contributed by atoms with Gasteiger partial charge in [-0.15, -0.1) is 0 Å². The van der Waals surface area contributed by atoms with Crippen molar-refractivity contribution in [2.24, 2.45) is 0 Å². The topological polar surface area (TPSA) is 36.2 Å². The maximum absolute atomic E-state index is 11.5. The molecule has 0 atom stereocenters. The Labute approximate surface area is 120 Å². The molecule has 0 aliphatic carbocycles. The summed E-state index contributed by atoms with van der Waals surface area (Å²) < 4.78 is 6.63. The first kappa shape index (κ1) is 14.5. The van der Waals surface area contributed by atoms with E-state index < -0.39 is 0 Å². The minimum Gasteiger partial charge on any atom is -0.618 e. The van der Waals surface area contributed by atoms with Crippen molar-refractivity contribution in [1.29, 1.82) is 0 Å². The van der Waals surface area contributed by atoms with Gasteiger partial charge in [-0.1, -0.05) is 30.3 Å². The number of rotatable bonds is 6. The second-order valence-electron chi connectivity index (χ2n) is 5.08. The van der Waals surface area contributed by atoms with Crippen LogP contribution in [-0.2, 0) is 17.8 Å². The van der Waals surface area contributed by atoms with Gasteiger partial charge in [-0.05, 0) is 24.0 Å². The van der Waals surface area contributed by atoms with Crippen LogP contribution in [0, 0.1) is 19.1 Å². The van der Waals surface area contributed by atoms with Gasteiger partial charge in [-0.25, -0.2) is 0 Å². The molecule has 0 aliphatic heterocycles. The first-order valence-electron chi connectivity index (χ1n) is 6.98. The minimum atomic E-state index is 0.661. The fourth-order valence-corrected chi connectivity index (χ4v) is 2.26. The number of pyridine rings is 1. The molecule has 2 aromatic rings. The largest absolute Gasteiger partial charge is 0.618 e. The van der Waals surface area contributed by atoms with Crippen molar-refractivity contribution in [3.8, 4) is 0 Å². The summed E-state index contributed by atoms with van der Waals surface area (Å²) in [6.45, 7) is 5.08. The van der Waals surface area contributed by atoms with Gasteiger partial charge in [0, 0.05) is 32.6 Å². The van der Waals surface area contributed by atoms with Gasteiger partial charge in [-0.3, -0.25) is 0 Å². The smallest absolute Gasteiger partial charge is 0.190 e. The van der Waals surface area contributed by atoms with Gasteiger partial charge in [0.05, 0.1) is 6.61 Å². The van der Waals surface area contributed by atoms with Crippen LogP contribution in [0.2, 0.25) is 0 Å². The van der Waals surface area contributed by atoms with Crippen molar-refractivity contribution in [3.63, 3.8) is 0 Å². The summed E-state index contributed by atoms with van der Waals surface area (Å²) in [6, 6.07) is 14.1. The molecule has 0 fully saturated rings. The fraction of sp³-hybridized carbons (Fsp3) is 0.353. The number of aromatic nitrogens is 1. The first-order chi connectivity index (χ1) is 9.66.